The van der Waals surface area contributed by atoms with E-state index in [9.17, 15) is 0 Å². The van der Waals surface area contributed by atoms with Crippen molar-refractivity contribution >= 4 is 44.9 Å². The van der Waals surface area contributed by atoms with Gasteiger partial charge in [0.25, 0.3) is 0 Å². The number of aromatic nitrogens is 2. The fourth-order valence-electron chi connectivity index (χ4n) is 2.47. The van der Waals surface area contributed by atoms with Crippen molar-refractivity contribution in [1.29, 1.82) is 0 Å². The SMILES string of the molecule is NC(N)=Nc1nc(CCCCCCCCc2csc(N=C(N)N)n2)cs1. The summed E-state index contributed by atoms with van der Waals surface area (Å²) in [5.74, 6) is 0.104. The molecule has 2 aromatic heterocycles. The van der Waals surface area contributed by atoms with Crippen molar-refractivity contribution in [2.45, 2.75) is 51.4 Å². The topological polar surface area (TPSA) is 155 Å². The monoisotopic (exact) mass is 394 g/mol. The van der Waals surface area contributed by atoms with Crippen LogP contribution < -0.4 is 22.9 Å². The van der Waals surface area contributed by atoms with Crippen molar-refractivity contribution in [2.75, 3.05) is 0 Å². The Kier molecular flexibility index (Phi) is 8.29. The highest BCUT2D eigenvalue weighted by atomic mass is 32.1. The van der Waals surface area contributed by atoms with Crippen LogP contribution in [0, 0.1) is 0 Å². The maximum Gasteiger partial charge on any atom is 0.212 e. The van der Waals surface area contributed by atoms with E-state index in [0.29, 0.717) is 10.3 Å². The van der Waals surface area contributed by atoms with Crippen LogP contribution in [-0.4, -0.2) is 21.9 Å². The van der Waals surface area contributed by atoms with Gasteiger partial charge in [0.2, 0.25) is 10.3 Å². The summed E-state index contributed by atoms with van der Waals surface area (Å²) >= 11 is 2.94. The van der Waals surface area contributed by atoms with Gasteiger partial charge in [-0.1, -0.05) is 25.7 Å². The van der Waals surface area contributed by atoms with Crippen molar-refractivity contribution in [2.24, 2.45) is 32.9 Å². The third kappa shape index (κ3) is 7.79. The summed E-state index contributed by atoms with van der Waals surface area (Å²) in [6, 6.07) is 0. The number of hydrogen-bond donors (Lipinski definition) is 4. The van der Waals surface area contributed by atoms with Crippen molar-refractivity contribution in [3.05, 3.63) is 22.1 Å². The van der Waals surface area contributed by atoms with Crippen LogP contribution in [0.2, 0.25) is 0 Å². The normalized spacial score (nSPS) is 10.6. The number of thiazole rings is 2. The molecule has 8 N–H and O–H groups in total. The molecule has 0 saturated carbocycles. The first-order valence-corrected chi connectivity index (χ1v) is 10.4. The van der Waals surface area contributed by atoms with Gasteiger partial charge in [-0.15, -0.1) is 22.7 Å². The van der Waals surface area contributed by atoms with Gasteiger partial charge >= 0.3 is 0 Å². The Bertz CT molecular complexity index is 664. The molecule has 0 aromatic carbocycles. The molecule has 0 fully saturated rings. The number of hydrogen-bond acceptors (Lipinski definition) is 6. The molecule has 0 bridgehead atoms. The maximum absolute atomic E-state index is 5.35. The maximum atomic E-state index is 5.35. The zero-order chi connectivity index (χ0) is 18.8. The minimum atomic E-state index is 0.0519. The first kappa shape index (κ1) is 20.1. The van der Waals surface area contributed by atoms with Crippen LogP contribution in [-0.2, 0) is 12.8 Å². The van der Waals surface area contributed by atoms with Crippen molar-refractivity contribution in [3.8, 4) is 0 Å². The molecule has 0 aliphatic heterocycles. The highest BCUT2D eigenvalue weighted by Gasteiger charge is 2.03. The third-order valence-corrected chi connectivity index (χ3v) is 5.21. The summed E-state index contributed by atoms with van der Waals surface area (Å²) in [5.41, 5.74) is 23.5. The molecule has 0 saturated heterocycles. The predicted molar refractivity (Wildman–Crippen MR) is 110 cm³/mol. The zero-order valence-corrected chi connectivity index (χ0v) is 16.4. The van der Waals surface area contributed by atoms with Crippen LogP contribution in [0.3, 0.4) is 0 Å². The summed E-state index contributed by atoms with van der Waals surface area (Å²) in [4.78, 5) is 16.7. The Morgan fingerprint density at radius 1 is 0.692 bits per heavy atom. The quantitative estimate of drug-likeness (QED) is 0.261. The highest BCUT2D eigenvalue weighted by Crippen LogP contribution is 2.21. The van der Waals surface area contributed by atoms with Gasteiger partial charge in [0.15, 0.2) is 11.9 Å². The van der Waals surface area contributed by atoms with Gasteiger partial charge in [-0.3, -0.25) is 0 Å². The molecule has 2 heterocycles. The Balaban J connectivity index is 1.52. The van der Waals surface area contributed by atoms with E-state index in [1.807, 2.05) is 10.8 Å². The third-order valence-electron chi connectivity index (χ3n) is 3.64. The number of guanidine groups is 2. The molecule has 0 amide bonds. The number of nitrogens with zero attached hydrogens (tertiary/aromatic N) is 4. The lowest BCUT2D eigenvalue weighted by atomic mass is 10.1. The fourth-order valence-corrected chi connectivity index (χ4v) is 3.95. The molecular formula is C16H26N8S2. The molecule has 26 heavy (non-hydrogen) atoms. The number of aliphatic imine (C=N–C) groups is 2. The summed E-state index contributed by atoms with van der Waals surface area (Å²) in [5, 5.41) is 5.30. The lowest BCUT2D eigenvalue weighted by molar-refractivity contribution is 0.590. The molecule has 0 aliphatic rings. The number of nitrogens with two attached hydrogens (primary N) is 4. The zero-order valence-electron chi connectivity index (χ0n) is 14.7. The number of aryl methyl sites for hydroxylation is 2. The van der Waals surface area contributed by atoms with E-state index >= 15 is 0 Å². The lowest BCUT2D eigenvalue weighted by Gasteiger charge is -2.00. The Morgan fingerprint density at radius 2 is 1.08 bits per heavy atom. The highest BCUT2D eigenvalue weighted by molar-refractivity contribution is 7.13. The smallest absolute Gasteiger partial charge is 0.212 e. The van der Waals surface area contributed by atoms with Crippen molar-refractivity contribution < 1.29 is 0 Å². The molecule has 142 valence electrons. The first-order chi connectivity index (χ1) is 12.5. The molecule has 0 aliphatic carbocycles. The Morgan fingerprint density at radius 3 is 1.46 bits per heavy atom. The fraction of sp³-hybridized carbons (Fsp3) is 0.500. The van der Waals surface area contributed by atoms with Crippen LogP contribution in [0.15, 0.2) is 20.7 Å². The van der Waals surface area contributed by atoms with E-state index in [1.54, 1.807) is 0 Å². The van der Waals surface area contributed by atoms with E-state index in [4.69, 9.17) is 22.9 Å². The van der Waals surface area contributed by atoms with E-state index in [-0.39, 0.29) is 11.9 Å². The average molecular weight is 395 g/mol. The summed E-state index contributed by atoms with van der Waals surface area (Å²) < 4.78 is 0. The molecule has 0 spiro atoms. The lowest BCUT2D eigenvalue weighted by Crippen LogP contribution is -2.21. The number of unbranched alkanes of at least 4 members (excludes halogenated alkanes) is 5. The summed E-state index contributed by atoms with van der Waals surface area (Å²) in [7, 11) is 0. The molecule has 2 rings (SSSR count). The predicted octanol–water partition coefficient (Wildman–Crippen LogP) is 2.54. The van der Waals surface area contributed by atoms with Gasteiger partial charge in [-0.05, 0) is 25.7 Å². The molecule has 0 unspecified atom stereocenters. The van der Waals surface area contributed by atoms with Gasteiger partial charge in [-0.25, -0.2) is 9.97 Å². The molecule has 0 radical (unpaired) electrons. The van der Waals surface area contributed by atoms with Gasteiger partial charge in [0.05, 0.1) is 11.4 Å². The van der Waals surface area contributed by atoms with Gasteiger partial charge in [-0.2, -0.15) is 9.98 Å². The van der Waals surface area contributed by atoms with E-state index < -0.39 is 0 Å². The van der Waals surface area contributed by atoms with Crippen molar-refractivity contribution in [1.82, 2.24) is 9.97 Å². The molecule has 0 atom stereocenters. The first-order valence-electron chi connectivity index (χ1n) is 8.61. The summed E-state index contributed by atoms with van der Waals surface area (Å²) in [6.07, 6.45) is 9.12. The molecule has 10 heteroatoms. The van der Waals surface area contributed by atoms with Gasteiger partial charge in [0.1, 0.15) is 0 Å². The molecule has 2 aromatic rings. The van der Waals surface area contributed by atoms with E-state index in [0.717, 1.165) is 37.1 Å². The van der Waals surface area contributed by atoms with Crippen LogP contribution >= 0.6 is 22.7 Å². The average Bonchev–Trinajstić information content (AvgIpc) is 3.18. The van der Waals surface area contributed by atoms with Gasteiger partial charge < -0.3 is 22.9 Å². The van der Waals surface area contributed by atoms with Crippen LogP contribution in [0.5, 0.6) is 0 Å². The van der Waals surface area contributed by atoms with Crippen LogP contribution in [0.1, 0.15) is 49.9 Å². The van der Waals surface area contributed by atoms with Crippen LogP contribution in [0.25, 0.3) is 0 Å². The van der Waals surface area contributed by atoms with Crippen LogP contribution in [0.4, 0.5) is 10.3 Å². The van der Waals surface area contributed by atoms with E-state index in [1.165, 1.54) is 48.4 Å². The Hall–Kier alpha value is -2.20. The largest absolute Gasteiger partial charge is 0.370 e. The van der Waals surface area contributed by atoms with E-state index in [2.05, 4.69) is 20.0 Å². The molecular weight excluding hydrogens is 368 g/mol. The molecule has 8 nitrogen and oxygen atoms in total. The Labute approximate surface area is 161 Å². The number of rotatable bonds is 11. The van der Waals surface area contributed by atoms with Crippen molar-refractivity contribution in [3.63, 3.8) is 0 Å². The minimum Gasteiger partial charge on any atom is -0.370 e. The second kappa shape index (κ2) is 10.7. The minimum absolute atomic E-state index is 0.0519. The summed E-state index contributed by atoms with van der Waals surface area (Å²) in [6.45, 7) is 0. The standard InChI is InChI=1S/C16H26N8S2/c17-13(18)23-15-21-11(9-25-15)7-5-3-1-2-4-6-8-12-10-26-16(22-12)24-14(19)20/h9-10H,1-8H2,(H4,17,18,21,23)(H4,19,20,22,24). The second-order valence-corrected chi connectivity index (χ2v) is 7.61. The van der Waals surface area contributed by atoms with Gasteiger partial charge in [0, 0.05) is 10.8 Å². The second-order valence-electron chi connectivity index (χ2n) is 5.94.